The Kier molecular flexibility index (Phi) is 7.99. The quantitative estimate of drug-likeness (QED) is 0.604. The molecule has 6 nitrogen and oxygen atoms in total. The molecule has 0 radical (unpaired) electrons. The Hall–Kier alpha value is -2.08. The summed E-state index contributed by atoms with van der Waals surface area (Å²) in [4.78, 5) is 24.7. The fourth-order valence-electron chi connectivity index (χ4n) is 2.00. The Morgan fingerprint density at radius 2 is 1.91 bits per heavy atom. The van der Waals surface area contributed by atoms with Gasteiger partial charge in [-0.15, -0.1) is 0 Å². The zero-order valence-corrected chi connectivity index (χ0v) is 13.6. The van der Waals surface area contributed by atoms with E-state index in [1.165, 1.54) is 0 Å². The van der Waals surface area contributed by atoms with Crippen molar-refractivity contribution < 1.29 is 19.2 Å². The first kappa shape index (κ1) is 18.0. The minimum atomic E-state index is -0.117. The number of benzene rings is 1. The SMILES string of the molecule is CCCNC(=O)C[NH+](CC)CC(=O)Nc1cccc(OC)c1. The maximum Gasteiger partial charge on any atom is 0.279 e. The number of hydrogen-bond acceptors (Lipinski definition) is 3. The second-order valence-corrected chi connectivity index (χ2v) is 5.09. The number of carbonyl (C=O) groups is 2. The van der Waals surface area contributed by atoms with Gasteiger partial charge in [-0.1, -0.05) is 13.0 Å². The lowest BCUT2D eigenvalue weighted by atomic mass is 10.3. The molecule has 0 saturated heterocycles. The van der Waals surface area contributed by atoms with Gasteiger partial charge in [-0.3, -0.25) is 9.59 Å². The van der Waals surface area contributed by atoms with Gasteiger partial charge >= 0.3 is 0 Å². The van der Waals surface area contributed by atoms with Crippen molar-refractivity contribution >= 4 is 17.5 Å². The number of rotatable bonds is 9. The number of methoxy groups -OCH3 is 1. The largest absolute Gasteiger partial charge is 0.497 e. The number of likely N-dealkylation sites (N-methyl/N-ethyl adjacent to an activating group) is 1. The van der Waals surface area contributed by atoms with E-state index in [0.717, 1.165) is 11.3 Å². The van der Waals surface area contributed by atoms with Gasteiger partial charge in [-0.2, -0.15) is 0 Å². The smallest absolute Gasteiger partial charge is 0.279 e. The molecule has 0 bridgehead atoms. The van der Waals surface area contributed by atoms with Crippen LogP contribution < -0.4 is 20.3 Å². The molecule has 122 valence electrons. The molecule has 1 rings (SSSR count). The van der Waals surface area contributed by atoms with Crippen LogP contribution in [0.4, 0.5) is 5.69 Å². The summed E-state index contributed by atoms with van der Waals surface area (Å²) >= 11 is 0. The average Bonchev–Trinajstić information content (AvgIpc) is 2.52. The van der Waals surface area contributed by atoms with E-state index in [2.05, 4.69) is 10.6 Å². The highest BCUT2D eigenvalue weighted by atomic mass is 16.5. The fraction of sp³-hybridized carbons (Fsp3) is 0.500. The standard InChI is InChI=1S/C16H25N3O3/c1-4-9-17-15(20)11-19(5-2)12-16(21)18-13-7-6-8-14(10-13)22-3/h6-8,10H,4-5,9,11-12H2,1-3H3,(H,17,20)(H,18,21)/p+1. The van der Waals surface area contributed by atoms with Gasteiger partial charge in [0.2, 0.25) is 0 Å². The molecule has 0 spiro atoms. The zero-order chi connectivity index (χ0) is 16.4. The van der Waals surface area contributed by atoms with Gasteiger partial charge in [0.1, 0.15) is 5.75 Å². The minimum absolute atomic E-state index is 0.0205. The maximum atomic E-state index is 12.1. The minimum Gasteiger partial charge on any atom is -0.497 e. The Labute approximate surface area is 131 Å². The van der Waals surface area contributed by atoms with E-state index >= 15 is 0 Å². The van der Waals surface area contributed by atoms with Gasteiger partial charge in [-0.25, -0.2) is 0 Å². The zero-order valence-electron chi connectivity index (χ0n) is 13.6. The third kappa shape index (κ3) is 6.58. The topological polar surface area (TPSA) is 71.9 Å². The lowest BCUT2D eigenvalue weighted by Gasteiger charge is -2.17. The predicted octanol–water partition coefficient (Wildman–Crippen LogP) is 0.0647. The molecule has 0 aliphatic rings. The molecule has 1 aromatic rings. The summed E-state index contributed by atoms with van der Waals surface area (Å²) in [5.74, 6) is 0.553. The van der Waals surface area contributed by atoms with Gasteiger partial charge in [0.05, 0.1) is 13.7 Å². The number of hydrogen-bond donors (Lipinski definition) is 3. The average molecular weight is 308 g/mol. The molecule has 0 aliphatic heterocycles. The molecule has 1 atom stereocenters. The second-order valence-electron chi connectivity index (χ2n) is 5.09. The van der Waals surface area contributed by atoms with Gasteiger partial charge < -0.3 is 20.3 Å². The summed E-state index contributed by atoms with van der Waals surface area (Å²) in [6, 6.07) is 7.20. The maximum absolute atomic E-state index is 12.1. The number of carbonyl (C=O) groups excluding carboxylic acids is 2. The van der Waals surface area contributed by atoms with Crippen LogP contribution >= 0.6 is 0 Å². The predicted molar refractivity (Wildman–Crippen MR) is 86.2 cm³/mol. The molecule has 3 N–H and O–H groups in total. The molecule has 6 heteroatoms. The molecule has 1 aromatic carbocycles. The molecule has 22 heavy (non-hydrogen) atoms. The van der Waals surface area contributed by atoms with Crippen LogP contribution in [0.5, 0.6) is 5.75 Å². The van der Waals surface area contributed by atoms with Crippen molar-refractivity contribution in [1.29, 1.82) is 0 Å². The molecule has 2 amide bonds. The van der Waals surface area contributed by atoms with Crippen molar-refractivity contribution in [3.8, 4) is 5.75 Å². The highest BCUT2D eigenvalue weighted by Crippen LogP contribution is 2.16. The fourth-order valence-corrected chi connectivity index (χ4v) is 2.00. The summed E-state index contributed by atoms with van der Waals surface area (Å²) in [5, 5.41) is 5.65. The third-order valence-electron chi connectivity index (χ3n) is 3.25. The summed E-state index contributed by atoms with van der Waals surface area (Å²) in [7, 11) is 1.58. The Morgan fingerprint density at radius 1 is 1.18 bits per heavy atom. The molecule has 0 aromatic heterocycles. The lowest BCUT2D eigenvalue weighted by Crippen LogP contribution is -3.14. The van der Waals surface area contributed by atoms with E-state index in [1.807, 2.05) is 26.0 Å². The highest BCUT2D eigenvalue weighted by molar-refractivity contribution is 5.91. The van der Waals surface area contributed by atoms with Crippen molar-refractivity contribution in [2.24, 2.45) is 0 Å². The number of quaternary nitrogens is 1. The van der Waals surface area contributed by atoms with Crippen molar-refractivity contribution in [2.75, 3.05) is 38.6 Å². The van der Waals surface area contributed by atoms with Gasteiger partial charge in [0.15, 0.2) is 13.1 Å². The van der Waals surface area contributed by atoms with Crippen LogP contribution in [0, 0.1) is 0 Å². The molecular weight excluding hydrogens is 282 g/mol. The number of ether oxygens (including phenoxy) is 1. The van der Waals surface area contributed by atoms with Gasteiger partial charge in [-0.05, 0) is 25.5 Å². The highest BCUT2D eigenvalue weighted by Gasteiger charge is 2.16. The van der Waals surface area contributed by atoms with Gasteiger partial charge in [0, 0.05) is 18.3 Å². The van der Waals surface area contributed by atoms with Crippen LogP contribution in [0.2, 0.25) is 0 Å². The summed E-state index contributed by atoms with van der Waals surface area (Å²) < 4.78 is 5.12. The first-order valence-electron chi connectivity index (χ1n) is 7.63. The Morgan fingerprint density at radius 3 is 2.55 bits per heavy atom. The van der Waals surface area contributed by atoms with E-state index in [-0.39, 0.29) is 18.4 Å². The Bertz CT molecular complexity index is 491. The van der Waals surface area contributed by atoms with E-state index in [0.29, 0.717) is 31.1 Å². The lowest BCUT2D eigenvalue weighted by molar-refractivity contribution is -0.881. The van der Waals surface area contributed by atoms with E-state index in [4.69, 9.17) is 4.74 Å². The van der Waals surface area contributed by atoms with Crippen molar-refractivity contribution in [3.05, 3.63) is 24.3 Å². The van der Waals surface area contributed by atoms with Crippen molar-refractivity contribution in [2.45, 2.75) is 20.3 Å². The van der Waals surface area contributed by atoms with E-state index in [1.54, 1.807) is 19.2 Å². The number of nitrogens with one attached hydrogen (secondary N) is 3. The van der Waals surface area contributed by atoms with Crippen LogP contribution in [-0.2, 0) is 9.59 Å². The molecular formula is C16H26N3O3+. The monoisotopic (exact) mass is 308 g/mol. The van der Waals surface area contributed by atoms with Crippen LogP contribution in [0.1, 0.15) is 20.3 Å². The van der Waals surface area contributed by atoms with Crippen molar-refractivity contribution in [1.82, 2.24) is 5.32 Å². The normalized spacial score (nSPS) is 11.6. The number of anilines is 1. The third-order valence-corrected chi connectivity index (χ3v) is 3.25. The summed E-state index contributed by atoms with van der Waals surface area (Å²) in [5.41, 5.74) is 0.690. The van der Waals surface area contributed by atoms with Crippen LogP contribution in [-0.4, -0.2) is 45.1 Å². The molecule has 0 aliphatic carbocycles. The van der Waals surface area contributed by atoms with Crippen LogP contribution in [0.3, 0.4) is 0 Å². The van der Waals surface area contributed by atoms with Gasteiger partial charge in [0.25, 0.3) is 11.8 Å². The van der Waals surface area contributed by atoms with E-state index < -0.39 is 0 Å². The first-order valence-corrected chi connectivity index (χ1v) is 7.63. The molecule has 1 unspecified atom stereocenters. The summed E-state index contributed by atoms with van der Waals surface area (Å²) in [6.45, 7) is 5.92. The molecule has 0 saturated carbocycles. The first-order chi connectivity index (χ1) is 10.6. The molecule has 0 heterocycles. The Balaban J connectivity index is 2.48. The molecule has 0 fully saturated rings. The second kappa shape index (κ2) is 9.78. The van der Waals surface area contributed by atoms with Crippen LogP contribution in [0.15, 0.2) is 24.3 Å². The van der Waals surface area contributed by atoms with Crippen molar-refractivity contribution in [3.63, 3.8) is 0 Å². The van der Waals surface area contributed by atoms with Crippen LogP contribution in [0.25, 0.3) is 0 Å². The summed E-state index contributed by atoms with van der Waals surface area (Å²) in [6.07, 6.45) is 0.906. The number of amides is 2. The van der Waals surface area contributed by atoms with E-state index in [9.17, 15) is 9.59 Å².